The second-order valence-electron chi connectivity index (χ2n) is 6.22. The van der Waals surface area contributed by atoms with E-state index in [1.807, 2.05) is 25.1 Å². The Labute approximate surface area is 158 Å². The maximum absolute atomic E-state index is 12.8. The van der Waals surface area contributed by atoms with Gasteiger partial charge in [0.15, 0.2) is 0 Å². The fourth-order valence-corrected chi connectivity index (χ4v) is 2.86. The number of aromatic nitrogens is 4. The largest absolute Gasteiger partial charge is 0.416 e. The fourth-order valence-electron chi connectivity index (χ4n) is 2.86. The maximum atomic E-state index is 12.8. The molecule has 0 atom stereocenters. The van der Waals surface area contributed by atoms with Crippen LogP contribution in [0, 0.1) is 6.92 Å². The molecule has 0 unspecified atom stereocenters. The quantitative estimate of drug-likeness (QED) is 0.531. The summed E-state index contributed by atoms with van der Waals surface area (Å²) >= 11 is 0. The number of nitrogens with zero attached hydrogens (tertiary/aromatic N) is 4. The molecule has 3 heterocycles. The molecule has 4 aromatic rings. The van der Waals surface area contributed by atoms with E-state index in [1.165, 1.54) is 18.3 Å². The van der Waals surface area contributed by atoms with Gasteiger partial charge in [-0.25, -0.2) is 4.98 Å². The van der Waals surface area contributed by atoms with Gasteiger partial charge in [-0.15, -0.1) is 0 Å². The Balaban J connectivity index is 1.81. The zero-order chi connectivity index (χ0) is 19.7. The predicted molar refractivity (Wildman–Crippen MR) is 100 cm³/mol. The number of alkyl halides is 3. The molecule has 1 N–H and O–H groups in total. The third-order valence-electron chi connectivity index (χ3n) is 4.27. The van der Waals surface area contributed by atoms with E-state index in [-0.39, 0.29) is 0 Å². The van der Waals surface area contributed by atoms with Crippen molar-refractivity contribution in [1.29, 1.82) is 0 Å². The van der Waals surface area contributed by atoms with Crippen molar-refractivity contribution in [2.45, 2.75) is 13.1 Å². The summed E-state index contributed by atoms with van der Waals surface area (Å²) in [5.41, 5.74) is 2.78. The number of benzene rings is 1. The summed E-state index contributed by atoms with van der Waals surface area (Å²) < 4.78 is 38.4. The lowest BCUT2D eigenvalue weighted by atomic mass is 10.1. The predicted octanol–water partition coefficient (Wildman–Crippen LogP) is 5.16. The Bertz CT molecular complexity index is 1140. The van der Waals surface area contributed by atoms with Crippen molar-refractivity contribution in [3.8, 4) is 11.3 Å². The van der Waals surface area contributed by atoms with Crippen molar-refractivity contribution in [3.05, 3.63) is 72.2 Å². The number of fused-ring (bicyclic) bond motifs is 1. The summed E-state index contributed by atoms with van der Waals surface area (Å²) in [7, 11) is 0. The van der Waals surface area contributed by atoms with Crippen LogP contribution in [-0.2, 0) is 6.18 Å². The Morgan fingerprint density at radius 2 is 1.71 bits per heavy atom. The molecule has 0 aliphatic heterocycles. The number of halogens is 3. The van der Waals surface area contributed by atoms with Crippen LogP contribution in [0.3, 0.4) is 0 Å². The van der Waals surface area contributed by atoms with Crippen molar-refractivity contribution in [2.75, 3.05) is 5.32 Å². The van der Waals surface area contributed by atoms with Crippen LogP contribution in [0.5, 0.6) is 0 Å². The fraction of sp³-hybridized carbons (Fsp3) is 0.100. The molecule has 0 fully saturated rings. The van der Waals surface area contributed by atoms with Crippen molar-refractivity contribution in [3.63, 3.8) is 0 Å². The summed E-state index contributed by atoms with van der Waals surface area (Å²) in [6.07, 6.45) is 0.433. The van der Waals surface area contributed by atoms with Crippen LogP contribution < -0.4 is 5.32 Å². The number of pyridine rings is 2. The van der Waals surface area contributed by atoms with Crippen LogP contribution in [-0.4, -0.2) is 20.2 Å². The zero-order valence-corrected chi connectivity index (χ0v) is 14.7. The normalized spacial score (nSPS) is 11.6. The molecule has 0 bridgehead atoms. The van der Waals surface area contributed by atoms with Gasteiger partial charge in [0, 0.05) is 22.8 Å². The van der Waals surface area contributed by atoms with Gasteiger partial charge in [0.1, 0.15) is 5.82 Å². The van der Waals surface area contributed by atoms with Gasteiger partial charge < -0.3 is 5.32 Å². The van der Waals surface area contributed by atoms with E-state index >= 15 is 0 Å². The Kier molecular flexibility index (Phi) is 4.38. The lowest BCUT2D eigenvalue weighted by Crippen LogP contribution is -2.05. The standard InChI is InChI=1S/C20H14F3N5/c1-12-3-2-8-24-18(12)16-9-13-10-25-26-11-17(13)28-19(16)27-15-6-4-14(5-7-15)20(21,22)23/h2-11H,1H3,(H,27,28). The van der Waals surface area contributed by atoms with E-state index in [1.54, 1.807) is 12.4 Å². The van der Waals surface area contributed by atoms with Crippen molar-refractivity contribution in [2.24, 2.45) is 0 Å². The van der Waals surface area contributed by atoms with Crippen LogP contribution in [0.25, 0.3) is 22.2 Å². The molecular weight excluding hydrogens is 367 g/mol. The average molecular weight is 381 g/mol. The van der Waals surface area contributed by atoms with Gasteiger partial charge in [0.25, 0.3) is 0 Å². The Morgan fingerprint density at radius 3 is 2.43 bits per heavy atom. The van der Waals surface area contributed by atoms with Crippen molar-refractivity contribution >= 4 is 22.4 Å². The average Bonchev–Trinajstić information content (AvgIpc) is 2.68. The van der Waals surface area contributed by atoms with Crippen molar-refractivity contribution < 1.29 is 13.2 Å². The topological polar surface area (TPSA) is 63.6 Å². The van der Waals surface area contributed by atoms with Gasteiger partial charge in [0.05, 0.1) is 29.2 Å². The van der Waals surface area contributed by atoms with E-state index in [9.17, 15) is 13.2 Å². The first kappa shape index (κ1) is 17.8. The molecule has 3 aromatic heterocycles. The molecule has 8 heteroatoms. The van der Waals surface area contributed by atoms with E-state index in [0.29, 0.717) is 17.0 Å². The second-order valence-corrected chi connectivity index (χ2v) is 6.22. The van der Waals surface area contributed by atoms with Gasteiger partial charge >= 0.3 is 6.18 Å². The Hall–Kier alpha value is -3.55. The molecule has 5 nitrogen and oxygen atoms in total. The van der Waals surface area contributed by atoms with Gasteiger partial charge in [-0.2, -0.15) is 23.4 Å². The molecule has 140 valence electrons. The molecule has 28 heavy (non-hydrogen) atoms. The highest BCUT2D eigenvalue weighted by Gasteiger charge is 2.30. The molecule has 1 aromatic carbocycles. The monoisotopic (exact) mass is 381 g/mol. The Morgan fingerprint density at radius 1 is 0.964 bits per heavy atom. The molecule has 0 radical (unpaired) electrons. The van der Waals surface area contributed by atoms with Gasteiger partial charge in [-0.1, -0.05) is 6.07 Å². The van der Waals surface area contributed by atoms with E-state index in [4.69, 9.17) is 0 Å². The smallest absolute Gasteiger partial charge is 0.340 e. The minimum absolute atomic E-state index is 0.474. The number of anilines is 2. The number of rotatable bonds is 3. The minimum Gasteiger partial charge on any atom is -0.340 e. The van der Waals surface area contributed by atoms with Crippen LogP contribution in [0.1, 0.15) is 11.1 Å². The summed E-state index contributed by atoms with van der Waals surface area (Å²) in [6.45, 7) is 1.93. The number of hydrogen-bond donors (Lipinski definition) is 1. The molecular formula is C20H14F3N5. The summed E-state index contributed by atoms with van der Waals surface area (Å²) in [5, 5.41) is 11.6. The lowest BCUT2D eigenvalue weighted by Gasteiger charge is -2.14. The minimum atomic E-state index is -4.38. The molecule has 0 aliphatic carbocycles. The summed E-state index contributed by atoms with van der Waals surface area (Å²) in [5.74, 6) is 0.474. The van der Waals surface area contributed by atoms with Crippen LogP contribution in [0.2, 0.25) is 0 Å². The molecule has 0 saturated heterocycles. The molecule has 0 aliphatic rings. The van der Waals surface area contributed by atoms with Gasteiger partial charge in [0.2, 0.25) is 0 Å². The van der Waals surface area contributed by atoms with Crippen LogP contribution >= 0.6 is 0 Å². The number of hydrogen-bond acceptors (Lipinski definition) is 5. The first-order valence-electron chi connectivity index (χ1n) is 8.39. The number of nitrogens with one attached hydrogen (secondary N) is 1. The maximum Gasteiger partial charge on any atom is 0.416 e. The molecule has 0 spiro atoms. The third kappa shape index (κ3) is 3.48. The lowest BCUT2D eigenvalue weighted by molar-refractivity contribution is -0.137. The SMILES string of the molecule is Cc1cccnc1-c1cc2cnncc2nc1Nc1ccc(C(F)(F)F)cc1. The van der Waals surface area contributed by atoms with Crippen LogP contribution in [0.15, 0.2) is 61.1 Å². The van der Waals surface area contributed by atoms with Crippen LogP contribution in [0.4, 0.5) is 24.7 Å². The highest BCUT2D eigenvalue weighted by molar-refractivity contribution is 5.89. The van der Waals surface area contributed by atoms with Gasteiger partial charge in [-0.05, 0) is 48.9 Å². The summed E-state index contributed by atoms with van der Waals surface area (Å²) in [6, 6.07) is 10.4. The zero-order valence-electron chi connectivity index (χ0n) is 14.7. The molecule has 0 amide bonds. The van der Waals surface area contributed by atoms with Gasteiger partial charge in [-0.3, -0.25) is 4.98 Å². The first-order valence-corrected chi connectivity index (χ1v) is 8.39. The highest BCUT2D eigenvalue weighted by atomic mass is 19.4. The van der Waals surface area contributed by atoms with E-state index in [0.717, 1.165) is 34.3 Å². The first-order chi connectivity index (χ1) is 13.4. The van der Waals surface area contributed by atoms with E-state index < -0.39 is 11.7 Å². The molecule has 0 saturated carbocycles. The summed E-state index contributed by atoms with van der Waals surface area (Å²) in [4.78, 5) is 9.02. The third-order valence-corrected chi connectivity index (χ3v) is 4.27. The second kappa shape index (κ2) is 6.88. The highest BCUT2D eigenvalue weighted by Crippen LogP contribution is 2.34. The van der Waals surface area contributed by atoms with Crippen molar-refractivity contribution in [1.82, 2.24) is 20.2 Å². The number of aryl methyl sites for hydroxylation is 1. The van der Waals surface area contributed by atoms with E-state index in [2.05, 4.69) is 25.5 Å². The molecule has 4 rings (SSSR count).